The first-order valence-corrected chi connectivity index (χ1v) is 13.6. The van der Waals surface area contributed by atoms with Gasteiger partial charge in [0.25, 0.3) is 0 Å². The van der Waals surface area contributed by atoms with E-state index in [0.717, 1.165) is 29.7 Å². The number of carbonyl (C=O) groups is 2. The number of fused-ring (bicyclic) bond motifs is 3. The zero-order valence-corrected chi connectivity index (χ0v) is 24.4. The summed E-state index contributed by atoms with van der Waals surface area (Å²) in [5.41, 5.74) is 3.46. The van der Waals surface area contributed by atoms with Crippen molar-refractivity contribution in [3.8, 4) is 28.4 Å². The van der Waals surface area contributed by atoms with E-state index in [1.165, 1.54) is 6.92 Å². The molecule has 1 aliphatic carbocycles. The number of anilines is 1. The van der Waals surface area contributed by atoms with Gasteiger partial charge in [-0.2, -0.15) is 0 Å². The second-order valence-electron chi connectivity index (χ2n) is 10.1. The molecule has 0 heterocycles. The van der Waals surface area contributed by atoms with Crippen LogP contribution in [0.4, 0.5) is 5.69 Å². The standard InChI is InChI=1S/C30H42N4O6/c1-19(35)33-23-12-10-20-17-26(38-4)29(39-5)30(40-6)28(20)21-11-13-24(25(36)18-22(21)23)31-14-7-9-27(37)32-15-8-16-34(2)3/h11,13,17-18,23H,7-10,12,14-16H2,1-6H3,(H,31,36)(H,32,37)(H,33,35)/t23-/m0/s1. The van der Waals surface area contributed by atoms with Crippen molar-refractivity contribution in [3.05, 3.63) is 45.6 Å². The van der Waals surface area contributed by atoms with Crippen molar-refractivity contribution < 1.29 is 23.8 Å². The molecule has 0 saturated carbocycles. The summed E-state index contributed by atoms with van der Waals surface area (Å²) < 4.78 is 17.0. The summed E-state index contributed by atoms with van der Waals surface area (Å²) in [6.45, 7) is 3.50. The monoisotopic (exact) mass is 554 g/mol. The smallest absolute Gasteiger partial charge is 0.220 e. The van der Waals surface area contributed by atoms with Gasteiger partial charge in [0.05, 0.1) is 33.1 Å². The molecule has 2 aromatic carbocycles. The molecule has 3 N–H and O–H groups in total. The summed E-state index contributed by atoms with van der Waals surface area (Å²) in [5.74, 6) is 1.33. The van der Waals surface area contributed by atoms with Gasteiger partial charge < -0.3 is 35.1 Å². The lowest BCUT2D eigenvalue weighted by Gasteiger charge is -2.19. The normalized spacial score (nSPS) is 13.9. The van der Waals surface area contributed by atoms with E-state index in [1.54, 1.807) is 33.5 Å². The van der Waals surface area contributed by atoms with Crippen molar-refractivity contribution in [2.75, 3.05) is 60.4 Å². The number of ether oxygens (including phenoxy) is 3. The molecule has 10 nitrogen and oxygen atoms in total. The highest BCUT2D eigenvalue weighted by Gasteiger charge is 2.29. The quantitative estimate of drug-likeness (QED) is 0.323. The van der Waals surface area contributed by atoms with Gasteiger partial charge in [-0.15, -0.1) is 0 Å². The lowest BCUT2D eigenvalue weighted by Crippen LogP contribution is -2.27. The van der Waals surface area contributed by atoms with Gasteiger partial charge >= 0.3 is 0 Å². The fourth-order valence-corrected chi connectivity index (χ4v) is 5.04. The van der Waals surface area contributed by atoms with Crippen LogP contribution in [0.15, 0.2) is 29.1 Å². The van der Waals surface area contributed by atoms with E-state index in [4.69, 9.17) is 14.2 Å². The zero-order valence-electron chi connectivity index (χ0n) is 24.4. The van der Waals surface area contributed by atoms with Crippen LogP contribution in [0, 0.1) is 0 Å². The second kappa shape index (κ2) is 14.6. The van der Waals surface area contributed by atoms with E-state index in [1.807, 2.05) is 26.2 Å². The third kappa shape index (κ3) is 7.65. The van der Waals surface area contributed by atoms with Gasteiger partial charge in [0, 0.05) is 32.0 Å². The Kier molecular flexibility index (Phi) is 11.2. The molecule has 0 aromatic heterocycles. The average Bonchev–Trinajstić information content (AvgIpc) is 3.16. The van der Waals surface area contributed by atoms with Gasteiger partial charge in [-0.3, -0.25) is 14.4 Å². The Bertz CT molecular complexity index is 1260. The van der Waals surface area contributed by atoms with Gasteiger partial charge in [-0.05, 0) is 81.2 Å². The topological polar surface area (TPSA) is 118 Å². The Balaban J connectivity index is 1.90. The molecule has 218 valence electrons. The van der Waals surface area contributed by atoms with Crippen molar-refractivity contribution in [2.45, 2.75) is 45.1 Å². The Labute approximate surface area is 236 Å². The van der Waals surface area contributed by atoms with Crippen LogP contribution in [0.3, 0.4) is 0 Å². The average molecular weight is 555 g/mol. The van der Waals surface area contributed by atoms with Gasteiger partial charge in [0.15, 0.2) is 11.5 Å². The number of nitrogens with zero attached hydrogens (tertiary/aromatic N) is 1. The molecule has 0 unspecified atom stereocenters. The fourth-order valence-electron chi connectivity index (χ4n) is 5.04. The van der Waals surface area contributed by atoms with Gasteiger partial charge in [-0.25, -0.2) is 0 Å². The summed E-state index contributed by atoms with van der Waals surface area (Å²) >= 11 is 0. The number of nitrogens with one attached hydrogen (secondary N) is 3. The third-order valence-corrected chi connectivity index (χ3v) is 6.92. The van der Waals surface area contributed by atoms with E-state index in [0.29, 0.717) is 67.3 Å². The van der Waals surface area contributed by atoms with E-state index >= 15 is 0 Å². The summed E-state index contributed by atoms with van der Waals surface area (Å²) in [4.78, 5) is 39.7. The second-order valence-corrected chi connectivity index (χ2v) is 10.1. The summed E-state index contributed by atoms with van der Waals surface area (Å²) in [6, 6.07) is 6.77. The highest BCUT2D eigenvalue weighted by atomic mass is 16.5. The highest BCUT2D eigenvalue weighted by Crippen LogP contribution is 2.50. The van der Waals surface area contributed by atoms with Crippen LogP contribution in [-0.2, 0) is 16.0 Å². The van der Waals surface area contributed by atoms with Gasteiger partial charge in [-0.1, -0.05) is 6.07 Å². The maximum atomic E-state index is 13.3. The van der Waals surface area contributed by atoms with Crippen LogP contribution in [0.5, 0.6) is 17.2 Å². The first-order valence-electron chi connectivity index (χ1n) is 13.6. The fraction of sp³-hybridized carbons (Fsp3) is 0.500. The Hall–Kier alpha value is -3.79. The Morgan fingerprint density at radius 1 is 1.00 bits per heavy atom. The zero-order chi connectivity index (χ0) is 29.2. The van der Waals surface area contributed by atoms with Crippen molar-refractivity contribution >= 4 is 17.5 Å². The predicted molar refractivity (Wildman–Crippen MR) is 157 cm³/mol. The minimum Gasteiger partial charge on any atom is -0.493 e. The molecule has 0 spiro atoms. The van der Waals surface area contributed by atoms with Crippen molar-refractivity contribution in [3.63, 3.8) is 0 Å². The summed E-state index contributed by atoms with van der Waals surface area (Å²) in [6.07, 6.45) is 3.07. The SMILES string of the molecule is COc1cc2c(c(OC)c1OC)-c1ccc(NCCCC(=O)NCCCN(C)C)c(=O)cc1[C@@H](NC(C)=O)CC2. The molecule has 0 fully saturated rings. The minimum atomic E-state index is -0.370. The number of hydrogen-bond acceptors (Lipinski definition) is 8. The summed E-state index contributed by atoms with van der Waals surface area (Å²) in [5, 5.41) is 9.14. The van der Waals surface area contributed by atoms with Crippen LogP contribution in [0.2, 0.25) is 0 Å². The molecule has 0 aliphatic heterocycles. The van der Waals surface area contributed by atoms with E-state index in [2.05, 4.69) is 20.9 Å². The molecule has 0 radical (unpaired) electrons. The minimum absolute atomic E-state index is 0.000499. The molecular formula is C30H42N4O6. The van der Waals surface area contributed by atoms with E-state index in [9.17, 15) is 14.4 Å². The van der Waals surface area contributed by atoms with E-state index in [-0.39, 0.29) is 23.3 Å². The Morgan fingerprint density at radius 2 is 1.75 bits per heavy atom. The van der Waals surface area contributed by atoms with Crippen LogP contribution in [0.25, 0.3) is 11.1 Å². The van der Waals surface area contributed by atoms with E-state index < -0.39 is 0 Å². The number of methoxy groups -OCH3 is 3. The largest absolute Gasteiger partial charge is 0.493 e. The molecule has 1 aliphatic rings. The molecule has 1 atom stereocenters. The molecule has 10 heteroatoms. The van der Waals surface area contributed by atoms with Crippen molar-refractivity contribution in [1.29, 1.82) is 0 Å². The molecule has 2 amide bonds. The number of amides is 2. The van der Waals surface area contributed by atoms with Gasteiger partial charge in [0.2, 0.25) is 23.0 Å². The van der Waals surface area contributed by atoms with Gasteiger partial charge in [0.1, 0.15) is 0 Å². The third-order valence-electron chi connectivity index (χ3n) is 6.92. The number of hydrogen-bond donors (Lipinski definition) is 3. The van der Waals surface area contributed by atoms with Crippen LogP contribution in [-0.4, -0.2) is 71.8 Å². The maximum absolute atomic E-state index is 13.3. The molecule has 2 aromatic rings. The summed E-state index contributed by atoms with van der Waals surface area (Å²) in [7, 11) is 8.70. The van der Waals surface area contributed by atoms with Crippen LogP contribution in [0.1, 0.15) is 49.8 Å². The molecule has 0 saturated heterocycles. The highest BCUT2D eigenvalue weighted by molar-refractivity contribution is 5.83. The Morgan fingerprint density at radius 3 is 2.40 bits per heavy atom. The molecule has 3 rings (SSSR count). The number of carbonyl (C=O) groups excluding carboxylic acids is 2. The van der Waals surface area contributed by atoms with Crippen LogP contribution < -0.4 is 35.6 Å². The maximum Gasteiger partial charge on any atom is 0.220 e. The van der Waals surface area contributed by atoms with Crippen LogP contribution >= 0.6 is 0 Å². The lowest BCUT2D eigenvalue weighted by atomic mass is 9.95. The first-order chi connectivity index (χ1) is 19.2. The number of benzene rings is 1. The lowest BCUT2D eigenvalue weighted by molar-refractivity contribution is -0.121. The van der Waals surface area contributed by atoms with Crippen molar-refractivity contribution in [1.82, 2.24) is 15.5 Å². The molecule has 40 heavy (non-hydrogen) atoms. The molecule has 0 bridgehead atoms. The first kappa shape index (κ1) is 30.7. The predicted octanol–water partition coefficient (Wildman–Crippen LogP) is 3.12. The van der Waals surface area contributed by atoms with Crippen molar-refractivity contribution in [2.24, 2.45) is 0 Å². The number of rotatable bonds is 13. The number of aryl methyl sites for hydroxylation is 1. The molecular weight excluding hydrogens is 512 g/mol.